The van der Waals surface area contributed by atoms with Crippen molar-refractivity contribution in [3.8, 4) is 21.9 Å². The Hall–Kier alpha value is -4.84. The van der Waals surface area contributed by atoms with Gasteiger partial charge in [0.15, 0.2) is 11.6 Å². The Bertz CT molecular complexity index is 1940. The largest absolute Gasteiger partial charge is 0.421 e. The highest BCUT2D eigenvalue weighted by Gasteiger charge is 2.40. The standard InChI is InChI=1S/C34H32F2N6O3S/c1-5-14-42-19(3)31-30(34(42)44)29(26-12-13-27(46-26)32(43)38-17-21-7-10-23(35)24(36)15-21)28(33-41-40-20(4)45-33)25(39-31)11-9-22-8-6-18(2)16-37-22/h6-8,10,12-13,15-16,19H,5,9,11,14,17H2,1-4H3,(H,38,43)/t19-/m1/s1. The van der Waals surface area contributed by atoms with Crippen LogP contribution in [0.5, 0.6) is 0 Å². The second-order valence-electron chi connectivity index (χ2n) is 11.3. The van der Waals surface area contributed by atoms with Crippen molar-refractivity contribution in [2.45, 2.75) is 59.5 Å². The maximum Gasteiger partial charge on any atom is 0.261 e. The van der Waals surface area contributed by atoms with Gasteiger partial charge in [0.1, 0.15) is 0 Å². The molecule has 0 unspecified atom stereocenters. The molecule has 1 atom stereocenters. The molecule has 2 amide bonds. The number of fused-ring (bicyclic) bond motifs is 1. The minimum absolute atomic E-state index is 0.0135. The smallest absolute Gasteiger partial charge is 0.261 e. The number of benzene rings is 1. The number of thiophene rings is 1. The first-order valence-corrected chi connectivity index (χ1v) is 15.9. The monoisotopic (exact) mass is 642 g/mol. The van der Waals surface area contributed by atoms with Gasteiger partial charge in [0, 0.05) is 42.3 Å². The number of nitrogens with zero attached hydrogens (tertiary/aromatic N) is 5. The summed E-state index contributed by atoms with van der Waals surface area (Å²) in [6.45, 7) is 8.26. The maximum absolute atomic E-state index is 14.0. The number of rotatable bonds is 10. The summed E-state index contributed by atoms with van der Waals surface area (Å²) in [4.78, 5) is 39.8. The van der Waals surface area contributed by atoms with Crippen molar-refractivity contribution in [2.75, 3.05) is 6.54 Å². The summed E-state index contributed by atoms with van der Waals surface area (Å²) in [5.74, 6) is -1.87. The van der Waals surface area contributed by atoms with Gasteiger partial charge in [0.25, 0.3) is 11.8 Å². The van der Waals surface area contributed by atoms with Crippen molar-refractivity contribution in [3.63, 3.8) is 0 Å². The molecular formula is C34H32F2N6O3S. The Morgan fingerprint density at radius 1 is 1.02 bits per heavy atom. The second-order valence-corrected chi connectivity index (χ2v) is 12.4. The Balaban J connectivity index is 1.44. The fourth-order valence-electron chi connectivity index (χ4n) is 5.64. The molecule has 236 valence electrons. The quantitative estimate of drug-likeness (QED) is 0.178. The molecule has 1 aromatic carbocycles. The highest BCUT2D eigenvalue weighted by atomic mass is 32.1. The third-order valence-corrected chi connectivity index (χ3v) is 9.05. The minimum atomic E-state index is -0.981. The van der Waals surface area contributed by atoms with Crippen molar-refractivity contribution in [1.29, 1.82) is 0 Å². The number of carbonyl (C=O) groups excluding carboxylic acids is 2. The zero-order valence-corrected chi connectivity index (χ0v) is 26.7. The van der Waals surface area contributed by atoms with E-state index in [4.69, 9.17) is 9.40 Å². The number of amides is 2. The molecule has 5 aromatic rings. The lowest BCUT2D eigenvalue weighted by Gasteiger charge is -2.20. The summed E-state index contributed by atoms with van der Waals surface area (Å²) in [5, 5.41) is 11.2. The van der Waals surface area contributed by atoms with Crippen LogP contribution in [0.1, 0.15) is 80.4 Å². The Morgan fingerprint density at radius 2 is 1.85 bits per heavy atom. The van der Waals surface area contributed by atoms with Crippen molar-refractivity contribution in [2.24, 2.45) is 0 Å². The summed E-state index contributed by atoms with van der Waals surface area (Å²) in [6, 6.07) is 10.7. The molecular weight excluding hydrogens is 610 g/mol. The van der Waals surface area contributed by atoms with Gasteiger partial charge in [-0.1, -0.05) is 19.1 Å². The molecule has 0 bridgehead atoms. The topological polar surface area (TPSA) is 114 Å². The van der Waals surface area contributed by atoms with Gasteiger partial charge in [-0.05, 0) is 74.6 Å². The molecule has 6 rings (SSSR count). The van der Waals surface area contributed by atoms with Gasteiger partial charge in [0.05, 0.1) is 33.4 Å². The zero-order valence-electron chi connectivity index (χ0n) is 25.9. The van der Waals surface area contributed by atoms with E-state index in [0.29, 0.717) is 68.7 Å². The van der Waals surface area contributed by atoms with Gasteiger partial charge in [-0.2, -0.15) is 0 Å². The van der Waals surface area contributed by atoms with Gasteiger partial charge in [-0.15, -0.1) is 21.5 Å². The van der Waals surface area contributed by atoms with Crippen LogP contribution in [0.2, 0.25) is 0 Å². The summed E-state index contributed by atoms with van der Waals surface area (Å²) in [6.07, 6.45) is 3.69. The minimum Gasteiger partial charge on any atom is -0.421 e. The number of aryl methyl sites for hydroxylation is 4. The van der Waals surface area contributed by atoms with Crippen LogP contribution >= 0.6 is 11.3 Å². The average Bonchev–Trinajstić information content (AvgIpc) is 3.76. The van der Waals surface area contributed by atoms with Crippen LogP contribution in [0.3, 0.4) is 0 Å². The molecule has 0 saturated carbocycles. The van der Waals surface area contributed by atoms with Gasteiger partial charge in [-0.3, -0.25) is 19.6 Å². The van der Waals surface area contributed by atoms with E-state index in [1.54, 1.807) is 19.1 Å². The second kappa shape index (κ2) is 12.9. The molecule has 0 aliphatic carbocycles. The summed E-state index contributed by atoms with van der Waals surface area (Å²) >= 11 is 1.21. The Morgan fingerprint density at radius 3 is 2.54 bits per heavy atom. The molecule has 1 N–H and O–H groups in total. The molecule has 1 aliphatic heterocycles. The van der Waals surface area contributed by atoms with Crippen LogP contribution in [-0.2, 0) is 19.4 Å². The fourth-order valence-corrected chi connectivity index (χ4v) is 6.62. The third-order valence-electron chi connectivity index (χ3n) is 7.95. The Labute approximate surface area is 268 Å². The van der Waals surface area contributed by atoms with Crippen LogP contribution in [-0.4, -0.2) is 43.4 Å². The van der Waals surface area contributed by atoms with E-state index in [1.165, 1.54) is 17.4 Å². The number of hydrogen-bond acceptors (Lipinski definition) is 8. The predicted molar refractivity (Wildman–Crippen MR) is 169 cm³/mol. The molecule has 0 fully saturated rings. The predicted octanol–water partition coefficient (Wildman–Crippen LogP) is 6.79. The van der Waals surface area contributed by atoms with E-state index >= 15 is 0 Å². The highest BCUT2D eigenvalue weighted by Crippen LogP contribution is 2.46. The van der Waals surface area contributed by atoms with Gasteiger partial charge in [-0.25, -0.2) is 8.78 Å². The van der Waals surface area contributed by atoms with Crippen molar-refractivity contribution in [1.82, 2.24) is 30.4 Å². The first-order valence-electron chi connectivity index (χ1n) is 15.1. The van der Waals surface area contributed by atoms with E-state index in [2.05, 4.69) is 20.5 Å². The van der Waals surface area contributed by atoms with Crippen LogP contribution in [0.15, 0.2) is 53.1 Å². The SMILES string of the molecule is CCCN1C(=O)c2c(nc(CCc3ccc(C)cn3)c(-c3nnc(C)o3)c2-c2ccc(C(=O)NCc3ccc(F)c(F)c3)s2)[C@H]1C. The lowest BCUT2D eigenvalue weighted by atomic mass is 9.94. The molecule has 9 nitrogen and oxygen atoms in total. The number of hydrogen-bond donors (Lipinski definition) is 1. The van der Waals surface area contributed by atoms with E-state index in [1.807, 2.05) is 44.0 Å². The molecule has 4 aromatic heterocycles. The summed E-state index contributed by atoms with van der Waals surface area (Å²) in [7, 11) is 0. The molecule has 0 spiro atoms. The van der Waals surface area contributed by atoms with Gasteiger partial charge < -0.3 is 14.6 Å². The van der Waals surface area contributed by atoms with Crippen LogP contribution in [0.4, 0.5) is 8.78 Å². The molecule has 1 aliphatic rings. The van der Waals surface area contributed by atoms with E-state index < -0.39 is 11.6 Å². The number of halogens is 2. The first kappa shape index (κ1) is 31.2. The van der Waals surface area contributed by atoms with E-state index in [-0.39, 0.29) is 30.3 Å². The molecule has 46 heavy (non-hydrogen) atoms. The van der Waals surface area contributed by atoms with Crippen molar-refractivity contribution < 1.29 is 22.8 Å². The maximum atomic E-state index is 14.0. The number of carbonyl (C=O) groups is 2. The van der Waals surface area contributed by atoms with Crippen LogP contribution in [0.25, 0.3) is 21.9 Å². The number of nitrogens with one attached hydrogen (secondary N) is 1. The van der Waals surface area contributed by atoms with Crippen molar-refractivity contribution in [3.05, 3.63) is 105 Å². The number of pyridine rings is 2. The molecule has 5 heterocycles. The Kier molecular flexibility index (Phi) is 8.72. The van der Waals surface area contributed by atoms with Crippen molar-refractivity contribution >= 4 is 23.2 Å². The normalized spacial score (nSPS) is 14.2. The number of aromatic nitrogens is 4. The molecule has 0 saturated heterocycles. The van der Waals surface area contributed by atoms with Crippen LogP contribution in [0, 0.1) is 25.5 Å². The molecule has 0 radical (unpaired) electrons. The van der Waals surface area contributed by atoms with Crippen LogP contribution < -0.4 is 5.32 Å². The van der Waals surface area contributed by atoms with Gasteiger partial charge in [0.2, 0.25) is 11.8 Å². The fraction of sp³-hybridized carbons (Fsp3) is 0.294. The highest BCUT2D eigenvalue weighted by molar-refractivity contribution is 7.17. The third kappa shape index (κ3) is 6.04. The summed E-state index contributed by atoms with van der Waals surface area (Å²) in [5.41, 5.74) is 5.35. The zero-order chi connectivity index (χ0) is 32.5. The lowest BCUT2D eigenvalue weighted by molar-refractivity contribution is 0.0737. The summed E-state index contributed by atoms with van der Waals surface area (Å²) < 4.78 is 33.0. The lowest BCUT2D eigenvalue weighted by Crippen LogP contribution is -2.27. The first-order chi connectivity index (χ1) is 22.1. The molecule has 12 heteroatoms. The van der Waals surface area contributed by atoms with E-state index in [9.17, 15) is 18.4 Å². The van der Waals surface area contributed by atoms with Gasteiger partial charge >= 0.3 is 0 Å². The van der Waals surface area contributed by atoms with E-state index in [0.717, 1.165) is 29.8 Å². The average molecular weight is 643 g/mol.